The van der Waals surface area contributed by atoms with Gasteiger partial charge >= 0.3 is 0 Å². The van der Waals surface area contributed by atoms with Crippen LogP contribution < -0.4 is 15.4 Å². The highest BCUT2D eigenvalue weighted by Crippen LogP contribution is 2.22. The molecule has 2 heterocycles. The Morgan fingerprint density at radius 2 is 2.23 bits per heavy atom. The van der Waals surface area contributed by atoms with Gasteiger partial charge in [-0.3, -0.25) is 4.79 Å². The lowest BCUT2D eigenvalue weighted by molar-refractivity contribution is -0.115. The average molecular weight is 317 g/mol. The number of amides is 1. The fourth-order valence-corrected chi connectivity index (χ4v) is 3.48. The molecule has 1 aromatic carbocycles. The number of aromatic nitrogens is 1. The first kappa shape index (κ1) is 15.0. The van der Waals surface area contributed by atoms with Crippen molar-refractivity contribution in [2.24, 2.45) is 0 Å². The van der Waals surface area contributed by atoms with E-state index in [1.807, 2.05) is 31.2 Å². The highest BCUT2D eigenvalue weighted by molar-refractivity contribution is 7.11. The number of benzene rings is 1. The van der Waals surface area contributed by atoms with Gasteiger partial charge in [-0.25, -0.2) is 4.98 Å². The van der Waals surface area contributed by atoms with Crippen molar-refractivity contribution >= 4 is 22.9 Å². The number of hydrogen-bond acceptors (Lipinski definition) is 5. The minimum Gasteiger partial charge on any atom is -0.494 e. The third-order valence-electron chi connectivity index (χ3n) is 3.41. The van der Waals surface area contributed by atoms with Crippen LogP contribution in [0.3, 0.4) is 0 Å². The summed E-state index contributed by atoms with van der Waals surface area (Å²) < 4.78 is 5.38. The smallest absolute Gasteiger partial charge is 0.231 e. The molecule has 2 N–H and O–H groups in total. The van der Waals surface area contributed by atoms with E-state index >= 15 is 0 Å². The van der Waals surface area contributed by atoms with E-state index in [0.717, 1.165) is 41.6 Å². The van der Waals surface area contributed by atoms with Crippen molar-refractivity contribution in [3.8, 4) is 5.75 Å². The number of ether oxygens (including phenoxy) is 1. The van der Waals surface area contributed by atoms with Crippen molar-refractivity contribution in [1.29, 1.82) is 0 Å². The first-order valence-corrected chi connectivity index (χ1v) is 8.27. The fourth-order valence-electron chi connectivity index (χ4n) is 2.40. The van der Waals surface area contributed by atoms with Gasteiger partial charge in [-0.2, -0.15) is 0 Å². The third-order valence-corrected chi connectivity index (χ3v) is 4.51. The summed E-state index contributed by atoms with van der Waals surface area (Å²) in [6, 6.07) is 7.40. The van der Waals surface area contributed by atoms with E-state index in [2.05, 4.69) is 15.6 Å². The van der Waals surface area contributed by atoms with Crippen molar-refractivity contribution in [1.82, 2.24) is 10.3 Å². The van der Waals surface area contributed by atoms with Crippen molar-refractivity contribution in [2.75, 3.05) is 18.5 Å². The van der Waals surface area contributed by atoms with Crippen LogP contribution in [0.2, 0.25) is 0 Å². The monoisotopic (exact) mass is 317 g/mol. The van der Waals surface area contributed by atoms with Crippen LogP contribution in [0.4, 0.5) is 5.69 Å². The van der Waals surface area contributed by atoms with Gasteiger partial charge in [0.05, 0.1) is 18.7 Å². The maximum Gasteiger partial charge on any atom is 0.231 e. The SMILES string of the molecule is CCOc1ccc(NC(=O)Cc2nc3c(s2)CNCC3)cc1. The molecule has 0 aliphatic carbocycles. The highest BCUT2D eigenvalue weighted by atomic mass is 32.1. The average Bonchev–Trinajstić information content (AvgIpc) is 2.91. The molecule has 0 spiro atoms. The van der Waals surface area contributed by atoms with Gasteiger partial charge in [0.2, 0.25) is 5.91 Å². The summed E-state index contributed by atoms with van der Waals surface area (Å²) in [5, 5.41) is 7.10. The Kier molecular flexibility index (Phi) is 4.70. The topological polar surface area (TPSA) is 63.2 Å². The van der Waals surface area contributed by atoms with Crippen molar-refractivity contribution in [2.45, 2.75) is 26.3 Å². The molecule has 0 fully saturated rings. The second-order valence-electron chi connectivity index (χ2n) is 5.09. The van der Waals surface area contributed by atoms with Gasteiger partial charge in [0.1, 0.15) is 10.8 Å². The van der Waals surface area contributed by atoms with Crippen molar-refractivity contribution in [3.05, 3.63) is 39.8 Å². The molecule has 0 unspecified atom stereocenters. The number of fused-ring (bicyclic) bond motifs is 1. The summed E-state index contributed by atoms with van der Waals surface area (Å²) >= 11 is 1.63. The largest absolute Gasteiger partial charge is 0.494 e. The normalized spacial score (nSPS) is 13.5. The second-order valence-corrected chi connectivity index (χ2v) is 6.25. The van der Waals surface area contributed by atoms with Gasteiger partial charge in [-0.1, -0.05) is 0 Å². The maximum absolute atomic E-state index is 12.1. The molecular formula is C16H19N3O2S. The van der Waals surface area contributed by atoms with Crippen LogP contribution >= 0.6 is 11.3 Å². The summed E-state index contributed by atoms with van der Waals surface area (Å²) in [6.45, 7) is 4.41. The molecule has 0 saturated heterocycles. The summed E-state index contributed by atoms with van der Waals surface area (Å²) in [7, 11) is 0. The maximum atomic E-state index is 12.1. The molecule has 5 nitrogen and oxygen atoms in total. The van der Waals surface area contributed by atoms with Crippen molar-refractivity contribution < 1.29 is 9.53 Å². The molecule has 0 bridgehead atoms. The molecule has 0 saturated carbocycles. The number of anilines is 1. The Hall–Kier alpha value is -1.92. The zero-order chi connectivity index (χ0) is 15.4. The van der Waals surface area contributed by atoms with Crippen LogP contribution in [0.1, 0.15) is 22.5 Å². The molecule has 3 rings (SSSR count). The Morgan fingerprint density at radius 3 is 2.95 bits per heavy atom. The summed E-state index contributed by atoms with van der Waals surface area (Å²) in [4.78, 5) is 17.9. The summed E-state index contributed by atoms with van der Waals surface area (Å²) in [6.07, 6.45) is 1.28. The lowest BCUT2D eigenvalue weighted by atomic mass is 10.2. The molecule has 1 aliphatic rings. The second kappa shape index (κ2) is 6.89. The Labute approximate surface area is 133 Å². The third kappa shape index (κ3) is 3.64. The minimum absolute atomic E-state index is 0.0387. The number of hydrogen-bond donors (Lipinski definition) is 2. The molecule has 1 amide bonds. The van der Waals surface area contributed by atoms with E-state index in [-0.39, 0.29) is 5.91 Å². The van der Waals surface area contributed by atoms with E-state index in [1.165, 1.54) is 4.88 Å². The van der Waals surface area contributed by atoms with E-state index in [9.17, 15) is 4.79 Å². The number of carbonyl (C=O) groups is 1. The standard InChI is InChI=1S/C16H19N3O2S/c1-2-21-12-5-3-11(4-6-12)18-15(20)9-16-19-13-7-8-17-10-14(13)22-16/h3-6,17H,2,7-10H2,1H3,(H,18,20). The van der Waals surface area contributed by atoms with E-state index < -0.39 is 0 Å². The lowest BCUT2D eigenvalue weighted by Crippen LogP contribution is -2.22. The van der Waals surface area contributed by atoms with E-state index in [0.29, 0.717) is 13.0 Å². The van der Waals surface area contributed by atoms with Crippen LogP contribution in [0, 0.1) is 0 Å². The summed E-state index contributed by atoms with van der Waals surface area (Å²) in [5.41, 5.74) is 1.92. The van der Waals surface area contributed by atoms with Crippen LogP contribution in [-0.4, -0.2) is 24.0 Å². The zero-order valence-electron chi connectivity index (χ0n) is 12.5. The summed E-state index contributed by atoms with van der Waals surface area (Å²) in [5.74, 6) is 0.767. The van der Waals surface area contributed by atoms with Crippen LogP contribution in [0.25, 0.3) is 0 Å². The predicted octanol–water partition coefficient (Wildman–Crippen LogP) is 2.37. The van der Waals surface area contributed by atoms with Crippen LogP contribution in [0.15, 0.2) is 24.3 Å². The molecule has 116 valence electrons. The fraction of sp³-hybridized carbons (Fsp3) is 0.375. The van der Waals surface area contributed by atoms with Crippen LogP contribution in [0.5, 0.6) is 5.75 Å². The number of nitrogens with zero attached hydrogens (tertiary/aromatic N) is 1. The highest BCUT2D eigenvalue weighted by Gasteiger charge is 2.16. The molecular weight excluding hydrogens is 298 g/mol. The number of nitrogens with one attached hydrogen (secondary N) is 2. The van der Waals surface area contributed by atoms with Crippen LogP contribution in [-0.2, 0) is 24.2 Å². The molecule has 0 radical (unpaired) electrons. The number of thiazole rings is 1. The number of carbonyl (C=O) groups excluding carboxylic acids is 1. The van der Waals surface area contributed by atoms with E-state index in [1.54, 1.807) is 11.3 Å². The van der Waals surface area contributed by atoms with Gasteiger partial charge in [-0.15, -0.1) is 11.3 Å². The first-order valence-electron chi connectivity index (χ1n) is 7.45. The molecule has 2 aromatic rings. The van der Waals surface area contributed by atoms with Gasteiger partial charge in [0, 0.05) is 30.1 Å². The van der Waals surface area contributed by atoms with Crippen molar-refractivity contribution in [3.63, 3.8) is 0 Å². The van der Waals surface area contributed by atoms with Gasteiger partial charge < -0.3 is 15.4 Å². The molecule has 1 aliphatic heterocycles. The Bertz CT molecular complexity index is 628. The molecule has 1 aromatic heterocycles. The Morgan fingerprint density at radius 1 is 1.41 bits per heavy atom. The van der Waals surface area contributed by atoms with Gasteiger partial charge in [0.25, 0.3) is 0 Å². The molecule has 0 atom stereocenters. The predicted molar refractivity (Wildman–Crippen MR) is 87.5 cm³/mol. The number of rotatable bonds is 5. The lowest BCUT2D eigenvalue weighted by Gasteiger charge is -2.09. The quantitative estimate of drug-likeness (QED) is 0.889. The zero-order valence-corrected chi connectivity index (χ0v) is 13.3. The first-order chi connectivity index (χ1) is 10.7. The Balaban J connectivity index is 1.58. The van der Waals surface area contributed by atoms with Gasteiger partial charge in [-0.05, 0) is 31.2 Å². The molecule has 6 heteroatoms. The van der Waals surface area contributed by atoms with E-state index in [4.69, 9.17) is 4.74 Å². The molecule has 22 heavy (non-hydrogen) atoms. The van der Waals surface area contributed by atoms with Gasteiger partial charge in [0.15, 0.2) is 0 Å². The minimum atomic E-state index is -0.0387.